The second-order valence-corrected chi connectivity index (χ2v) is 7.59. The number of carbonyl (C=O) groups is 1. The zero-order valence-corrected chi connectivity index (χ0v) is 14.0. The molecule has 6 nitrogen and oxygen atoms in total. The van der Waals surface area contributed by atoms with Crippen LogP contribution in [0.4, 0.5) is 4.79 Å². The summed E-state index contributed by atoms with van der Waals surface area (Å²) in [6.07, 6.45) is 0.851. The van der Waals surface area contributed by atoms with Gasteiger partial charge in [0.15, 0.2) is 0 Å². The van der Waals surface area contributed by atoms with Crippen molar-refractivity contribution in [2.75, 3.05) is 19.7 Å². The van der Waals surface area contributed by atoms with Crippen LogP contribution in [0.3, 0.4) is 0 Å². The van der Waals surface area contributed by atoms with Crippen LogP contribution in [0.25, 0.3) is 0 Å². The molecule has 130 valence electrons. The number of amides is 2. The van der Waals surface area contributed by atoms with Crippen molar-refractivity contribution in [2.24, 2.45) is 5.41 Å². The van der Waals surface area contributed by atoms with E-state index in [9.17, 15) is 15.0 Å². The summed E-state index contributed by atoms with van der Waals surface area (Å²) in [5.41, 5.74) is 0.764. The molecule has 3 atom stereocenters. The first kappa shape index (κ1) is 16.0. The van der Waals surface area contributed by atoms with Crippen LogP contribution in [0, 0.1) is 5.41 Å². The Labute approximate surface area is 145 Å². The third-order valence-corrected chi connectivity index (χ3v) is 5.66. The first-order valence-corrected chi connectivity index (χ1v) is 8.68. The van der Waals surface area contributed by atoms with Crippen molar-refractivity contribution in [2.45, 2.75) is 37.5 Å². The number of hydrogen-bond donors (Lipinski definition) is 3. The number of ether oxygens (including phenoxy) is 1. The fourth-order valence-corrected chi connectivity index (χ4v) is 4.04. The van der Waals surface area contributed by atoms with E-state index in [-0.39, 0.29) is 24.0 Å². The molecule has 1 aromatic rings. The van der Waals surface area contributed by atoms with Gasteiger partial charge in [-0.25, -0.2) is 4.79 Å². The van der Waals surface area contributed by atoms with Crippen molar-refractivity contribution in [3.05, 3.63) is 28.8 Å². The van der Waals surface area contributed by atoms with E-state index in [1.54, 1.807) is 11.0 Å². The predicted molar refractivity (Wildman–Crippen MR) is 88.1 cm³/mol. The SMILES string of the molecule is O=C(NC1COc2cccc(Cl)c21)N1C[C@@H](O)[C@@H](O)CC2(CC2)C1. The number of hydrogen-bond acceptors (Lipinski definition) is 4. The van der Waals surface area contributed by atoms with Crippen LogP contribution in [-0.4, -0.2) is 53.0 Å². The van der Waals surface area contributed by atoms with E-state index in [1.165, 1.54) is 0 Å². The number of aliphatic hydroxyl groups is 2. The molecule has 0 radical (unpaired) electrons. The highest BCUT2D eigenvalue weighted by atomic mass is 35.5. The van der Waals surface area contributed by atoms with Gasteiger partial charge in [-0.15, -0.1) is 0 Å². The Kier molecular flexibility index (Phi) is 3.86. The van der Waals surface area contributed by atoms with E-state index in [4.69, 9.17) is 16.3 Å². The Hall–Kier alpha value is -1.50. The standard InChI is InChI=1S/C17H21ClN2O4/c18-10-2-1-3-14-15(10)11(8-24-14)19-16(23)20-7-13(22)12(21)6-17(9-20)4-5-17/h1-3,11-13,21-22H,4-9H2,(H,19,23)/t11?,12-,13+/m0/s1. The normalized spacial score (nSPS) is 30.5. The van der Waals surface area contributed by atoms with Crippen LogP contribution in [0.15, 0.2) is 18.2 Å². The highest BCUT2D eigenvalue weighted by molar-refractivity contribution is 6.31. The highest BCUT2D eigenvalue weighted by Gasteiger charge is 2.49. The van der Waals surface area contributed by atoms with Gasteiger partial charge in [-0.1, -0.05) is 17.7 Å². The number of urea groups is 1. The third-order valence-electron chi connectivity index (χ3n) is 5.33. The number of nitrogens with one attached hydrogen (secondary N) is 1. The van der Waals surface area contributed by atoms with Crippen molar-refractivity contribution < 1.29 is 19.7 Å². The van der Waals surface area contributed by atoms with Gasteiger partial charge in [0.05, 0.1) is 24.8 Å². The molecule has 1 unspecified atom stereocenters. The summed E-state index contributed by atoms with van der Waals surface area (Å²) in [5, 5.41) is 23.6. The lowest BCUT2D eigenvalue weighted by Crippen LogP contribution is -2.46. The molecular formula is C17H21ClN2O4. The maximum atomic E-state index is 12.7. The minimum Gasteiger partial charge on any atom is -0.491 e. The van der Waals surface area contributed by atoms with Gasteiger partial charge in [0.25, 0.3) is 0 Å². The second-order valence-electron chi connectivity index (χ2n) is 7.18. The van der Waals surface area contributed by atoms with Crippen molar-refractivity contribution in [1.82, 2.24) is 10.2 Å². The molecule has 3 aliphatic rings. The lowest BCUT2D eigenvalue weighted by Gasteiger charge is -2.26. The van der Waals surface area contributed by atoms with Crippen LogP contribution in [0.5, 0.6) is 5.75 Å². The number of fused-ring (bicyclic) bond motifs is 1. The Morgan fingerprint density at radius 1 is 1.33 bits per heavy atom. The van der Waals surface area contributed by atoms with Crippen molar-refractivity contribution in [3.63, 3.8) is 0 Å². The van der Waals surface area contributed by atoms with E-state index >= 15 is 0 Å². The first-order chi connectivity index (χ1) is 11.5. The minimum atomic E-state index is -0.911. The number of β-amino-alcohol motifs (C(OH)–C–C–N with tert-alkyl or cyclic N) is 1. The molecule has 1 saturated carbocycles. The number of benzene rings is 1. The highest BCUT2D eigenvalue weighted by Crippen LogP contribution is 2.51. The van der Waals surface area contributed by atoms with Crippen LogP contribution in [0.2, 0.25) is 5.02 Å². The van der Waals surface area contributed by atoms with Gasteiger partial charge in [0, 0.05) is 17.1 Å². The number of halogens is 1. The lowest BCUT2D eigenvalue weighted by molar-refractivity contribution is 0.00881. The molecule has 1 aromatic carbocycles. The van der Waals surface area contributed by atoms with Crippen molar-refractivity contribution in [3.8, 4) is 5.75 Å². The quantitative estimate of drug-likeness (QED) is 0.718. The zero-order valence-electron chi connectivity index (χ0n) is 13.2. The average Bonchev–Trinajstić information content (AvgIpc) is 3.19. The largest absolute Gasteiger partial charge is 0.491 e. The summed E-state index contributed by atoms with van der Waals surface area (Å²) < 4.78 is 5.59. The predicted octanol–water partition coefficient (Wildman–Crippen LogP) is 1.69. The molecule has 24 heavy (non-hydrogen) atoms. The monoisotopic (exact) mass is 352 g/mol. The van der Waals surface area contributed by atoms with Crippen molar-refractivity contribution >= 4 is 17.6 Å². The van der Waals surface area contributed by atoms with Gasteiger partial charge < -0.3 is 25.2 Å². The van der Waals surface area contributed by atoms with E-state index in [2.05, 4.69) is 5.32 Å². The summed E-state index contributed by atoms with van der Waals surface area (Å²) in [7, 11) is 0. The van der Waals surface area contributed by atoms with E-state index in [1.807, 2.05) is 12.1 Å². The van der Waals surface area contributed by atoms with Crippen LogP contribution in [0.1, 0.15) is 30.9 Å². The maximum Gasteiger partial charge on any atom is 0.318 e. The zero-order chi connectivity index (χ0) is 16.9. The smallest absolute Gasteiger partial charge is 0.318 e. The molecule has 2 heterocycles. The van der Waals surface area contributed by atoms with E-state index < -0.39 is 12.2 Å². The summed E-state index contributed by atoms with van der Waals surface area (Å²) in [6, 6.07) is 4.87. The fraction of sp³-hybridized carbons (Fsp3) is 0.588. The van der Waals surface area contributed by atoms with E-state index in [0.29, 0.717) is 30.3 Å². The third kappa shape index (κ3) is 2.83. The summed E-state index contributed by atoms with van der Waals surface area (Å²) >= 11 is 6.24. The van der Waals surface area contributed by atoms with Crippen molar-refractivity contribution in [1.29, 1.82) is 0 Å². The Bertz CT molecular complexity index is 664. The molecule has 1 aliphatic carbocycles. The number of aliphatic hydroxyl groups excluding tert-OH is 2. The average molecular weight is 353 g/mol. The summed E-state index contributed by atoms with van der Waals surface area (Å²) in [4.78, 5) is 14.3. The molecule has 2 amide bonds. The Morgan fingerprint density at radius 3 is 2.88 bits per heavy atom. The molecule has 2 fully saturated rings. The molecule has 0 bridgehead atoms. The Morgan fingerprint density at radius 2 is 2.12 bits per heavy atom. The van der Waals surface area contributed by atoms with Gasteiger partial charge in [-0.3, -0.25) is 0 Å². The maximum absolute atomic E-state index is 12.7. The molecule has 4 rings (SSSR count). The van der Waals surface area contributed by atoms with Gasteiger partial charge in [0.2, 0.25) is 0 Å². The first-order valence-electron chi connectivity index (χ1n) is 8.30. The van der Waals surface area contributed by atoms with Crippen LogP contribution < -0.4 is 10.1 Å². The van der Waals surface area contributed by atoms with E-state index in [0.717, 1.165) is 18.4 Å². The van der Waals surface area contributed by atoms with Crippen LogP contribution >= 0.6 is 11.6 Å². The molecular weight excluding hydrogens is 332 g/mol. The topological polar surface area (TPSA) is 82.0 Å². The fourth-order valence-electron chi connectivity index (χ4n) is 3.75. The molecule has 7 heteroatoms. The number of likely N-dealkylation sites (tertiary alicyclic amines) is 1. The van der Waals surface area contributed by atoms with Gasteiger partial charge in [-0.05, 0) is 36.8 Å². The number of nitrogens with zero attached hydrogens (tertiary/aromatic N) is 1. The molecule has 0 aromatic heterocycles. The molecule has 3 N–H and O–H groups in total. The Balaban J connectivity index is 1.49. The van der Waals surface area contributed by atoms with Gasteiger partial charge in [0.1, 0.15) is 12.4 Å². The van der Waals surface area contributed by atoms with Gasteiger partial charge in [-0.2, -0.15) is 0 Å². The summed E-state index contributed by atoms with van der Waals surface area (Å²) in [5.74, 6) is 0.692. The molecule has 1 spiro atoms. The number of carbonyl (C=O) groups excluding carboxylic acids is 1. The van der Waals surface area contributed by atoms with Crippen LogP contribution in [-0.2, 0) is 0 Å². The van der Waals surface area contributed by atoms with Gasteiger partial charge >= 0.3 is 6.03 Å². The number of rotatable bonds is 1. The lowest BCUT2D eigenvalue weighted by atomic mass is 9.98. The second kappa shape index (κ2) is 5.79. The molecule has 1 saturated heterocycles. The minimum absolute atomic E-state index is 0.0318. The summed E-state index contributed by atoms with van der Waals surface area (Å²) in [6.45, 7) is 1.04. The molecule has 2 aliphatic heterocycles.